The molecule has 0 unspecified atom stereocenters. The van der Waals surface area contributed by atoms with E-state index in [0.29, 0.717) is 0 Å². The summed E-state index contributed by atoms with van der Waals surface area (Å²) < 4.78 is 0. The third-order valence-corrected chi connectivity index (χ3v) is 4.71. The fraction of sp³-hybridized carbons (Fsp3) is 0.250. The highest BCUT2D eigenvalue weighted by Gasteiger charge is 2.19. The molecular formula is C20H19ClN4. The van der Waals surface area contributed by atoms with Crippen molar-refractivity contribution >= 4 is 11.6 Å². The lowest BCUT2D eigenvalue weighted by molar-refractivity contribution is 0.238. The molecule has 3 heterocycles. The van der Waals surface area contributed by atoms with Crippen molar-refractivity contribution in [1.29, 1.82) is 0 Å². The summed E-state index contributed by atoms with van der Waals surface area (Å²) in [6, 6.07) is 13.8. The Bertz CT molecular complexity index is 892. The van der Waals surface area contributed by atoms with Crippen LogP contribution in [0.1, 0.15) is 22.6 Å². The molecule has 0 fully saturated rings. The number of benzene rings is 1. The van der Waals surface area contributed by atoms with Gasteiger partial charge in [0.2, 0.25) is 0 Å². The zero-order chi connectivity index (χ0) is 17.2. The Balaban J connectivity index is 1.55. The summed E-state index contributed by atoms with van der Waals surface area (Å²) in [5, 5.41) is 0.721. The molecule has 3 aromatic rings. The van der Waals surface area contributed by atoms with Crippen LogP contribution in [0.4, 0.5) is 0 Å². The van der Waals surface area contributed by atoms with Crippen molar-refractivity contribution < 1.29 is 0 Å². The van der Waals surface area contributed by atoms with Crippen LogP contribution < -0.4 is 0 Å². The number of halogens is 1. The van der Waals surface area contributed by atoms with Crippen LogP contribution in [0, 0.1) is 6.92 Å². The van der Waals surface area contributed by atoms with Crippen LogP contribution in [0.2, 0.25) is 5.02 Å². The van der Waals surface area contributed by atoms with Crippen LogP contribution in [0.15, 0.2) is 48.7 Å². The smallest absolute Gasteiger partial charge is 0.159 e. The normalized spacial score (nSPS) is 14.3. The lowest BCUT2D eigenvalue weighted by Gasteiger charge is -2.27. The molecule has 0 radical (unpaired) electrons. The minimum absolute atomic E-state index is 0.721. The number of nitrogens with zero attached hydrogens (tertiary/aromatic N) is 4. The van der Waals surface area contributed by atoms with E-state index in [4.69, 9.17) is 16.6 Å². The Hall–Kier alpha value is -2.30. The molecule has 5 heteroatoms. The second-order valence-corrected chi connectivity index (χ2v) is 6.84. The molecule has 0 atom stereocenters. The Kier molecular flexibility index (Phi) is 4.47. The predicted octanol–water partition coefficient (Wildman–Crippen LogP) is 4.06. The molecule has 1 aromatic carbocycles. The average Bonchev–Trinajstić information content (AvgIpc) is 2.62. The van der Waals surface area contributed by atoms with Crippen molar-refractivity contribution in [3.8, 4) is 11.4 Å². The van der Waals surface area contributed by atoms with Gasteiger partial charge in [0.05, 0.1) is 11.4 Å². The molecule has 1 aliphatic heterocycles. The van der Waals surface area contributed by atoms with E-state index in [1.54, 1.807) is 0 Å². The van der Waals surface area contributed by atoms with Gasteiger partial charge in [-0.2, -0.15) is 0 Å². The predicted molar refractivity (Wildman–Crippen MR) is 99.3 cm³/mol. The van der Waals surface area contributed by atoms with Gasteiger partial charge in [-0.1, -0.05) is 17.7 Å². The maximum atomic E-state index is 5.97. The average molecular weight is 351 g/mol. The number of hydrogen-bond donors (Lipinski definition) is 0. The number of hydrogen-bond acceptors (Lipinski definition) is 4. The Morgan fingerprint density at radius 1 is 1.08 bits per heavy atom. The highest BCUT2D eigenvalue weighted by molar-refractivity contribution is 6.30. The zero-order valence-electron chi connectivity index (χ0n) is 14.1. The lowest BCUT2D eigenvalue weighted by atomic mass is 10.1. The summed E-state index contributed by atoms with van der Waals surface area (Å²) in [6.07, 6.45) is 2.94. The van der Waals surface area contributed by atoms with E-state index in [0.717, 1.165) is 59.5 Å². The fourth-order valence-corrected chi connectivity index (χ4v) is 3.27. The van der Waals surface area contributed by atoms with Crippen molar-refractivity contribution in [2.75, 3.05) is 6.54 Å². The minimum atomic E-state index is 0.721. The Morgan fingerprint density at radius 2 is 1.92 bits per heavy atom. The first-order valence-corrected chi connectivity index (χ1v) is 8.81. The monoisotopic (exact) mass is 350 g/mol. The third kappa shape index (κ3) is 3.70. The quantitative estimate of drug-likeness (QED) is 0.714. The van der Waals surface area contributed by atoms with Crippen LogP contribution in [-0.4, -0.2) is 26.4 Å². The van der Waals surface area contributed by atoms with Gasteiger partial charge in [-0.15, -0.1) is 0 Å². The second-order valence-electron chi connectivity index (χ2n) is 6.40. The SMILES string of the molecule is Cc1cccc(CN2CCc3cnc(-c4ccc(Cl)cc4)nc3C2)n1. The van der Waals surface area contributed by atoms with Gasteiger partial charge in [-0.3, -0.25) is 9.88 Å². The molecule has 0 N–H and O–H groups in total. The standard InChI is InChI=1S/C20H19ClN4/c1-14-3-2-4-18(23-14)12-25-10-9-16-11-22-20(24-19(16)13-25)15-5-7-17(21)8-6-15/h2-8,11H,9-10,12-13H2,1H3. The van der Waals surface area contributed by atoms with E-state index in [9.17, 15) is 0 Å². The largest absolute Gasteiger partial charge is 0.291 e. The molecule has 25 heavy (non-hydrogen) atoms. The van der Waals surface area contributed by atoms with Crippen LogP contribution in [-0.2, 0) is 19.5 Å². The van der Waals surface area contributed by atoms with Gasteiger partial charge in [-0.25, -0.2) is 9.97 Å². The summed E-state index contributed by atoms with van der Waals surface area (Å²) in [5.74, 6) is 0.756. The van der Waals surface area contributed by atoms with Crippen molar-refractivity contribution in [3.05, 3.63) is 76.3 Å². The van der Waals surface area contributed by atoms with Crippen molar-refractivity contribution in [2.24, 2.45) is 0 Å². The maximum Gasteiger partial charge on any atom is 0.159 e. The molecule has 126 valence electrons. The second kappa shape index (κ2) is 6.90. The molecule has 2 aromatic heterocycles. The van der Waals surface area contributed by atoms with Crippen LogP contribution in [0.3, 0.4) is 0 Å². The number of rotatable bonds is 3. The van der Waals surface area contributed by atoms with Gasteiger partial charge in [0.15, 0.2) is 5.82 Å². The highest BCUT2D eigenvalue weighted by Crippen LogP contribution is 2.23. The van der Waals surface area contributed by atoms with Crippen LogP contribution in [0.5, 0.6) is 0 Å². The molecule has 0 bridgehead atoms. The minimum Gasteiger partial charge on any atom is -0.291 e. The molecule has 0 spiro atoms. The molecule has 0 aliphatic carbocycles. The summed E-state index contributed by atoms with van der Waals surface area (Å²) in [6.45, 7) is 4.71. The molecule has 1 aliphatic rings. The summed E-state index contributed by atoms with van der Waals surface area (Å²) >= 11 is 5.97. The zero-order valence-corrected chi connectivity index (χ0v) is 14.9. The summed E-state index contributed by atoms with van der Waals surface area (Å²) in [4.78, 5) is 16.3. The molecular weight excluding hydrogens is 332 g/mol. The van der Waals surface area contributed by atoms with Crippen molar-refractivity contribution in [3.63, 3.8) is 0 Å². The summed E-state index contributed by atoms with van der Waals surface area (Å²) in [5.41, 5.74) is 5.51. The molecule has 0 amide bonds. The Morgan fingerprint density at radius 3 is 2.72 bits per heavy atom. The van der Waals surface area contributed by atoms with E-state index in [1.165, 1.54) is 5.56 Å². The number of aromatic nitrogens is 3. The van der Waals surface area contributed by atoms with E-state index in [-0.39, 0.29) is 0 Å². The van der Waals surface area contributed by atoms with Gasteiger partial charge in [0.25, 0.3) is 0 Å². The first kappa shape index (κ1) is 16.2. The number of fused-ring (bicyclic) bond motifs is 1. The number of pyridine rings is 1. The van der Waals surface area contributed by atoms with Gasteiger partial charge in [-0.05, 0) is 55.3 Å². The van der Waals surface area contributed by atoms with Gasteiger partial charge in [0, 0.05) is 42.1 Å². The maximum absolute atomic E-state index is 5.97. The fourth-order valence-electron chi connectivity index (χ4n) is 3.15. The molecule has 0 saturated carbocycles. The van der Waals surface area contributed by atoms with Crippen LogP contribution >= 0.6 is 11.6 Å². The molecule has 0 saturated heterocycles. The van der Waals surface area contributed by atoms with Crippen molar-refractivity contribution in [2.45, 2.75) is 26.4 Å². The van der Waals surface area contributed by atoms with E-state index in [1.807, 2.05) is 43.5 Å². The third-order valence-electron chi connectivity index (χ3n) is 4.46. The first-order chi connectivity index (χ1) is 12.2. The van der Waals surface area contributed by atoms with Crippen molar-refractivity contribution in [1.82, 2.24) is 19.9 Å². The van der Waals surface area contributed by atoms with Gasteiger partial charge < -0.3 is 0 Å². The van der Waals surface area contributed by atoms with Gasteiger partial charge in [0.1, 0.15) is 0 Å². The molecule has 4 nitrogen and oxygen atoms in total. The van der Waals surface area contributed by atoms with E-state index in [2.05, 4.69) is 27.0 Å². The van der Waals surface area contributed by atoms with Crippen LogP contribution in [0.25, 0.3) is 11.4 Å². The van der Waals surface area contributed by atoms with E-state index < -0.39 is 0 Å². The first-order valence-electron chi connectivity index (χ1n) is 8.43. The van der Waals surface area contributed by atoms with Gasteiger partial charge >= 0.3 is 0 Å². The Labute approximate surface area is 152 Å². The lowest BCUT2D eigenvalue weighted by Crippen LogP contribution is -2.31. The van der Waals surface area contributed by atoms with E-state index >= 15 is 0 Å². The number of aryl methyl sites for hydroxylation is 1. The topological polar surface area (TPSA) is 41.9 Å². The highest BCUT2D eigenvalue weighted by atomic mass is 35.5. The molecule has 4 rings (SSSR count). The summed E-state index contributed by atoms with van der Waals surface area (Å²) in [7, 11) is 0.